The third-order valence-electron chi connectivity index (χ3n) is 2.93. The van der Waals surface area contributed by atoms with E-state index in [-0.39, 0.29) is 6.42 Å². The summed E-state index contributed by atoms with van der Waals surface area (Å²) in [6, 6.07) is 1.62. The van der Waals surface area contributed by atoms with Gasteiger partial charge in [-0.2, -0.15) is 0 Å². The van der Waals surface area contributed by atoms with Crippen molar-refractivity contribution < 1.29 is 9.90 Å². The van der Waals surface area contributed by atoms with Crippen molar-refractivity contribution in [2.45, 2.75) is 38.1 Å². The molecular weight excluding hydrogens is 192 g/mol. The molecule has 0 saturated carbocycles. The van der Waals surface area contributed by atoms with Crippen molar-refractivity contribution in [2.75, 3.05) is 0 Å². The van der Waals surface area contributed by atoms with Crippen molar-refractivity contribution in [3.05, 3.63) is 23.0 Å². The van der Waals surface area contributed by atoms with Crippen LogP contribution < -0.4 is 5.73 Å². The minimum atomic E-state index is -0.852. The molecule has 15 heavy (non-hydrogen) atoms. The summed E-state index contributed by atoms with van der Waals surface area (Å²) in [6.45, 7) is 0. The molecule has 1 unspecified atom stereocenters. The number of aryl methyl sites for hydroxylation is 2. The van der Waals surface area contributed by atoms with E-state index in [1.807, 2.05) is 6.07 Å². The number of aromatic nitrogens is 1. The Morgan fingerprint density at radius 2 is 2.27 bits per heavy atom. The second-order valence-corrected chi connectivity index (χ2v) is 4.14. The Hall–Kier alpha value is -1.29. The Bertz CT molecular complexity index is 347. The van der Waals surface area contributed by atoms with Crippen LogP contribution in [0.2, 0.25) is 0 Å². The van der Waals surface area contributed by atoms with Crippen LogP contribution in [0.25, 0.3) is 0 Å². The van der Waals surface area contributed by atoms with E-state index in [1.54, 1.807) is 0 Å². The van der Waals surface area contributed by atoms with Crippen LogP contribution in [0.3, 0.4) is 0 Å². The highest BCUT2D eigenvalue weighted by molar-refractivity contribution is 5.67. The van der Waals surface area contributed by atoms with Gasteiger partial charge in [-0.3, -0.25) is 4.79 Å². The molecule has 0 aromatic carbocycles. The Kier molecular flexibility index (Phi) is 2.77. The first kappa shape index (κ1) is 10.2. The molecule has 4 heteroatoms. The van der Waals surface area contributed by atoms with E-state index >= 15 is 0 Å². The van der Waals surface area contributed by atoms with Crippen LogP contribution in [0.15, 0.2) is 6.07 Å². The first-order valence-electron chi connectivity index (χ1n) is 5.35. The molecule has 1 heterocycles. The zero-order valence-corrected chi connectivity index (χ0v) is 8.62. The third-order valence-corrected chi connectivity index (χ3v) is 2.93. The summed E-state index contributed by atoms with van der Waals surface area (Å²) in [5, 5.41) is 8.65. The molecule has 1 aromatic rings. The summed E-state index contributed by atoms with van der Waals surface area (Å²) in [5.74, 6) is -0.852. The van der Waals surface area contributed by atoms with Crippen molar-refractivity contribution in [1.29, 1.82) is 0 Å². The minimum Gasteiger partial charge on any atom is -0.481 e. The van der Waals surface area contributed by atoms with E-state index in [2.05, 4.69) is 4.98 Å². The normalized spacial score (nSPS) is 17.1. The SMILES string of the molecule is NC(CC(=O)O)c1cc2c([nH]1)CCCC2. The predicted octanol–water partition coefficient (Wildman–Crippen LogP) is 1.37. The molecule has 4 nitrogen and oxygen atoms in total. The number of aromatic amines is 1. The van der Waals surface area contributed by atoms with Crippen molar-refractivity contribution in [3.63, 3.8) is 0 Å². The number of carboxylic acid groups (broad SMARTS) is 1. The van der Waals surface area contributed by atoms with Crippen LogP contribution >= 0.6 is 0 Å². The van der Waals surface area contributed by atoms with Crippen LogP contribution in [-0.2, 0) is 17.6 Å². The number of H-pyrrole nitrogens is 1. The van der Waals surface area contributed by atoms with Crippen LogP contribution in [0.5, 0.6) is 0 Å². The van der Waals surface area contributed by atoms with Gasteiger partial charge in [0, 0.05) is 11.4 Å². The number of hydrogen-bond acceptors (Lipinski definition) is 2. The van der Waals surface area contributed by atoms with Crippen molar-refractivity contribution in [3.8, 4) is 0 Å². The van der Waals surface area contributed by atoms with Gasteiger partial charge < -0.3 is 15.8 Å². The number of aliphatic carboxylic acids is 1. The monoisotopic (exact) mass is 208 g/mol. The van der Waals surface area contributed by atoms with Crippen molar-refractivity contribution in [1.82, 2.24) is 4.98 Å². The third kappa shape index (κ3) is 2.21. The summed E-state index contributed by atoms with van der Waals surface area (Å²) >= 11 is 0. The summed E-state index contributed by atoms with van der Waals surface area (Å²) in [7, 11) is 0. The van der Waals surface area contributed by atoms with Crippen LogP contribution in [0.1, 0.15) is 42.3 Å². The molecule has 0 amide bonds. The average Bonchev–Trinajstić information content (AvgIpc) is 2.59. The molecule has 1 aromatic heterocycles. The maximum absolute atomic E-state index is 10.5. The highest BCUT2D eigenvalue weighted by Crippen LogP contribution is 2.24. The molecule has 82 valence electrons. The van der Waals surface area contributed by atoms with Gasteiger partial charge in [0.05, 0.1) is 12.5 Å². The lowest BCUT2D eigenvalue weighted by Gasteiger charge is -2.09. The van der Waals surface area contributed by atoms with Gasteiger partial charge in [-0.25, -0.2) is 0 Å². The highest BCUT2D eigenvalue weighted by atomic mass is 16.4. The van der Waals surface area contributed by atoms with E-state index in [0.717, 1.165) is 18.5 Å². The molecule has 0 fully saturated rings. The van der Waals surface area contributed by atoms with Gasteiger partial charge in [-0.1, -0.05) is 0 Å². The second kappa shape index (κ2) is 4.06. The fourth-order valence-corrected chi connectivity index (χ4v) is 2.13. The minimum absolute atomic E-state index is 0.0145. The molecule has 0 saturated heterocycles. The Labute approximate surface area is 88.5 Å². The molecule has 1 atom stereocenters. The van der Waals surface area contributed by atoms with Crippen LogP contribution in [0, 0.1) is 0 Å². The number of nitrogens with one attached hydrogen (secondary N) is 1. The number of hydrogen-bond donors (Lipinski definition) is 3. The van der Waals surface area contributed by atoms with Crippen molar-refractivity contribution >= 4 is 5.97 Å². The lowest BCUT2D eigenvalue weighted by Crippen LogP contribution is -2.15. The molecule has 0 spiro atoms. The maximum atomic E-state index is 10.5. The fraction of sp³-hybridized carbons (Fsp3) is 0.545. The summed E-state index contributed by atoms with van der Waals surface area (Å²) in [5.41, 5.74) is 9.23. The van der Waals surface area contributed by atoms with Crippen molar-refractivity contribution in [2.24, 2.45) is 5.73 Å². The number of carboxylic acids is 1. The predicted molar refractivity (Wildman–Crippen MR) is 56.6 cm³/mol. The molecule has 0 bridgehead atoms. The van der Waals surface area contributed by atoms with Gasteiger partial charge in [0.15, 0.2) is 0 Å². The first-order chi connectivity index (χ1) is 7.16. The van der Waals surface area contributed by atoms with Gasteiger partial charge in [0.2, 0.25) is 0 Å². The molecule has 2 rings (SSSR count). The molecule has 4 N–H and O–H groups in total. The van der Waals surface area contributed by atoms with E-state index in [9.17, 15) is 4.79 Å². The lowest BCUT2D eigenvalue weighted by atomic mass is 9.98. The van der Waals surface area contributed by atoms with E-state index in [1.165, 1.54) is 24.1 Å². The molecule has 1 aliphatic rings. The average molecular weight is 208 g/mol. The van der Waals surface area contributed by atoms with Gasteiger partial charge in [0.25, 0.3) is 0 Å². The Balaban J connectivity index is 2.15. The summed E-state index contributed by atoms with van der Waals surface area (Å²) in [4.78, 5) is 13.8. The smallest absolute Gasteiger partial charge is 0.305 e. The second-order valence-electron chi connectivity index (χ2n) is 4.14. The maximum Gasteiger partial charge on any atom is 0.305 e. The molecular formula is C11H16N2O2. The van der Waals surface area contributed by atoms with Gasteiger partial charge >= 0.3 is 5.97 Å². The molecule has 0 aliphatic heterocycles. The molecule has 1 aliphatic carbocycles. The zero-order chi connectivity index (χ0) is 10.8. The quantitative estimate of drug-likeness (QED) is 0.701. The zero-order valence-electron chi connectivity index (χ0n) is 8.62. The Morgan fingerprint density at radius 3 is 2.93 bits per heavy atom. The van der Waals surface area contributed by atoms with Gasteiger partial charge in [0.1, 0.15) is 0 Å². The summed E-state index contributed by atoms with van der Waals surface area (Å²) < 4.78 is 0. The molecule has 0 radical (unpaired) electrons. The largest absolute Gasteiger partial charge is 0.481 e. The van der Waals surface area contributed by atoms with E-state index < -0.39 is 12.0 Å². The van der Waals surface area contributed by atoms with E-state index in [0.29, 0.717) is 0 Å². The number of rotatable bonds is 3. The number of carbonyl (C=O) groups is 1. The lowest BCUT2D eigenvalue weighted by molar-refractivity contribution is -0.137. The Morgan fingerprint density at radius 1 is 1.53 bits per heavy atom. The highest BCUT2D eigenvalue weighted by Gasteiger charge is 2.17. The number of fused-ring (bicyclic) bond motifs is 1. The first-order valence-corrected chi connectivity index (χ1v) is 5.35. The van der Waals surface area contributed by atoms with Crippen LogP contribution in [-0.4, -0.2) is 16.1 Å². The topological polar surface area (TPSA) is 79.1 Å². The van der Waals surface area contributed by atoms with E-state index in [4.69, 9.17) is 10.8 Å². The summed E-state index contributed by atoms with van der Waals surface area (Å²) in [6.07, 6.45) is 4.57. The van der Waals surface area contributed by atoms with Gasteiger partial charge in [-0.15, -0.1) is 0 Å². The van der Waals surface area contributed by atoms with Crippen LogP contribution in [0.4, 0.5) is 0 Å². The van der Waals surface area contributed by atoms with Gasteiger partial charge in [-0.05, 0) is 37.3 Å². The fourth-order valence-electron chi connectivity index (χ4n) is 2.13. The standard InChI is InChI=1S/C11H16N2O2/c12-8(6-11(14)15)10-5-7-3-1-2-4-9(7)13-10/h5,8,13H,1-4,6,12H2,(H,14,15). The number of nitrogens with two attached hydrogens (primary N) is 1.